The zero-order valence-corrected chi connectivity index (χ0v) is 11.3. The van der Waals surface area contributed by atoms with Gasteiger partial charge in [0.15, 0.2) is 0 Å². The number of aliphatic hydroxyl groups is 1. The van der Waals surface area contributed by atoms with Gasteiger partial charge in [-0.05, 0) is 25.0 Å². The first-order valence-electron chi connectivity index (χ1n) is 6.81. The second kappa shape index (κ2) is 6.31. The maximum Gasteiger partial charge on any atom is 0.433 e. The third-order valence-corrected chi connectivity index (χ3v) is 3.77. The monoisotopic (exact) mass is 299 g/mol. The molecular weight excluding hydrogens is 283 g/mol. The highest BCUT2D eigenvalue weighted by Crippen LogP contribution is 2.31. The Morgan fingerprint density at radius 3 is 2.67 bits per heavy atom. The zero-order chi connectivity index (χ0) is 15.5. The fraction of sp³-hybridized carbons (Fsp3) is 0.571. The summed E-state index contributed by atoms with van der Waals surface area (Å²) in [5.41, 5.74) is -0.953. The Balaban J connectivity index is 2.27. The van der Waals surface area contributed by atoms with Gasteiger partial charge in [-0.3, -0.25) is 0 Å². The van der Waals surface area contributed by atoms with Crippen LogP contribution >= 0.6 is 0 Å². The van der Waals surface area contributed by atoms with Crippen molar-refractivity contribution in [3.63, 3.8) is 0 Å². The Kier molecular flexibility index (Phi) is 4.68. The number of halogens is 3. The topological polar surface area (TPSA) is 68.9 Å². The van der Waals surface area contributed by atoms with Gasteiger partial charge in [0, 0.05) is 18.6 Å². The highest BCUT2D eigenvalue weighted by atomic mass is 19.4. The SMILES string of the molecule is N#Cc1ccc(C(F)(F)F)nc1N[C@H]1CCCC[C@@H]1CO. The lowest BCUT2D eigenvalue weighted by Crippen LogP contribution is -2.35. The number of nitrogens with one attached hydrogen (secondary N) is 1. The van der Waals surface area contributed by atoms with E-state index in [2.05, 4.69) is 10.3 Å². The summed E-state index contributed by atoms with van der Waals surface area (Å²) in [6, 6.07) is 3.60. The molecule has 0 aliphatic heterocycles. The number of hydrogen-bond acceptors (Lipinski definition) is 4. The van der Waals surface area contributed by atoms with Gasteiger partial charge in [-0.1, -0.05) is 12.8 Å². The van der Waals surface area contributed by atoms with Gasteiger partial charge in [0.2, 0.25) is 0 Å². The summed E-state index contributed by atoms with van der Waals surface area (Å²) in [7, 11) is 0. The summed E-state index contributed by atoms with van der Waals surface area (Å²) in [6.45, 7) is -0.0293. The predicted molar refractivity (Wildman–Crippen MR) is 70.4 cm³/mol. The molecule has 1 aromatic heterocycles. The number of alkyl halides is 3. The second-order valence-corrected chi connectivity index (χ2v) is 5.18. The van der Waals surface area contributed by atoms with Crippen molar-refractivity contribution in [3.05, 3.63) is 23.4 Å². The van der Waals surface area contributed by atoms with E-state index in [-0.39, 0.29) is 29.9 Å². The maximum absolute atomic E-state index is 12.7. The lowest BCUT2D eigenvalue weighted by molar-refractivity contribution is -0.141. The molecule has 1 aromatic rings. The summed E-state index contributed by atoms with van der Waals surface area (Å²) in [5, 5.41) is 21.3. The molecule has 7 heteroatoms. The van der Waals surface area contributed by atoms with Crippen LogP contribution in [0.2, 0.25) is 0 Å². The number of aliphatic hydroxyl groups excluding tert-OH is 1. The average molecular weight is 299 g/mol. The van der Waals surface area contributed by atoms with Gasteiger partial charge in [0.1, 0.15) is 17.6 Å². The van der Waals surface area contributed by atoms with E-state index in [1.54, 1.807) is 0 Å². The molecule has 1 aliphatic carbocycles. The summed E-state index contributed by atoms with van der Waals surface area (Å²) in [5.74, 6) is -0.0840. The molecule has 0 radical (unpaired) electrons. The van der Waals surface area contributed by atoms with Crippen LogP contribution in [-0.2, 0) is 6.18 Å². The predicted octanol–water partition coefficient (Wildman–Crippen LogP) is 2.94. The molecule has 1 aliphatic rings. The minimum atomic E-state index is -4.55. The number of aromatic nitrogens is 1. The molecule has 114 valence electrons. The van der Waals surface area contributed by atoms with E-state index < -0.39 is 11.9 Å². The fourth-order valence-corrected chi connectivity index (χ4v) is 2.61. The lowest BCUT2D eigenvalue weighted by atomic mass is 9.85. The molecule has 1 saturated carbocycles. The molecule has 21 heavy (non-hydrogen) atoms. The first-order chi connectivity index (χ1) is 9.95. The third-order valence-electron chi connectivity index (χ3n) is 3.77. The van der Waals surface area contributed by atoms with Crippen molar-refractivity contribution in [2.75, 3.05) is 11.9 Å². The van der Waals surface area contributed by atoms with Gasteiger partial charge in [-0.15, -0.1) is 0 Å². The number of anilines is 1. The van der Waals surface area contributed by atoms with Gasteiger partial charge in [0.25, 0.3) is 0 Å². The smallest absolute Gasteiger partial charge is 0.396 e. The Hall–Kier alpha value is -1.81. The molecule has 2 N–H and O–H groups in total. The molecule has 1 heterocycles. The van der Waals surface area contributed by atoms with Gasteiger partial charge in [-0.2, -0.15) is 18.4 Å². The molecule has 2 atom stereocenters. The Bertz CT molecular complexity index is 539. The van der Waals surface area contributed by atoms with Crippen LogP contribution in [-0.4, -0.2) is 22.7 Å². The van der Waals surface area contributed by atoms with E-state index in [0.717, 1.165) is 37.8 Å². The largest absolute Gasteiger partial charge is 0.433 e. The van der Waals surface area contributed by atoms with Crippen LogP contribution in [0.25, 0.3) is 0 Å². The molecule has 4 nitrogen and oxygen atoms in total. The summed E-state index contributed by atoms with van der Waals surface area (Å²) in [4.78, 5) is 3.54. The molecule has 0 saturated heterocycles. The van der Waals surface area contributed by atoms with Crippen molar-refractivity contribution >= 4 is 5.82 Å². The van der Waals surface area contributed by atoms with Crippen LogP contribution in [0.1, 0.15) is 36.9 Å². The minimum Gasteiger partial charge on any atom is -0.396 e. The minimum absolute atomic E-state index is 0.0263. The van der Waals surface area contributed by atoms with Crippen molar-refractivity contribution in [1.29, 1.82) is 5.26 Å². The van der Waals surface area contributed by atoms with Gasteiger partial charge in [-0.25, -0.2) is 4.98 Å². The van der Waals surface area contributed by atoms with Gasteiger partial charge in [0.05, 0.1) is 5.56 Å². The quantitative estimate of drug-likeness (QED) is 0.900. The first-order valence-corrected chi connectivity index (χ1v) is 6.81. The second-order valence-electron chi connectivity index (χ2n) is 5.18. The van der Waals surface area contributed by atoms with E-state index in [0.29, 0.717) is 0 Å². The van der Waals surface area contributed by atoms with Crippen LogP contribution in [0.15, 0.2) is 12.1 Å². The summed E-state index contributed by atoms with van der Waals surface area (Å²) in [6.07, 6.45) is -1.06. The molecule has 0 aromatic carbocycles. The molecular formula is C14H16F3N3O. The van der Waals surface area contributed by atoms with Crippen molar-refractivity contribution in [2.45, 2.75) is 37.9 Å². The molecule has 0 bridgehead atoms. The van der Waals surface area contributed by atoms with Gasteiger partial charge < -0.3 is 10.4 Å². The van der Waals surface area contributed by atoms with Crippen molar-refractivity contribution in [1.82, 2.24) is 4.98 Å². The maximum atomic E-state index is 12.7. The Morgan fingerprint density at radius 2 is 2.05 bits per heavy atom. The van der Waals surface area contributed by atoms with Gasteiger partial charge >= 0.3 is 6.18 Å². The van der Waals surface area contributed by atoms with E-state index in [1.807, 2.05) is 6.07 Å². The molecule has 0 unspecified atom stereocenters. The highest BCUT2D eigenvalue weighted by molar-refractivity contribution is 5.53. The molecule has 2 rings (SSSR count). The van der Waals surface area contributed by atoms with Crippen LogP contribution in [0.3, 0.4) is 0 Å². The number of nitriles is 1. The molecule has 0 spiro atoms. The first kappa shape index (κ1) is 15.6. The van der Waals surface area contributed by atoms with Crippen LogP contribution in [0, 0.1) is 17.2 Å². The average Bonchev–Trinajstić information content (AvgIpc) is 2.47. The Morgan fingerprint density at radius 1 is 1.33 bits per heavy atom. The summed E-state index contributed by atoms with van der Waals surface area (Å²) >= 11 is 0. The number of pyridine rings is 1. The third kappa shape index (κ3) is 3.64. The Labute approximate surface area is 120 Å². The molecule has 1 fully saturated rings. The van der Waals surface area contributed by atoms with Crippen LogP contribution < -0.4 is 5.32 Å². The van der Waals surface area contributed by atoms with Crippen LogP contribution in [0.5, 0.6) is 0 Å². The fourth-order valence-electron chi connectivity index (χ4n) is 2.61. The van der Waals surface area contributed by atoms with Crippen molar-refractivity contribution in [2.24, 2.45) is 5.92 Å². The number of nitrogens with zero attached hydrogens (tertiary/aromatic N) is 2. The highest BCUT2D eigenvalue weighted by Gasteiger charge is 2.33. The number of rotatable bonds is 3. The lowest BCUT2D eigenvalue weighted by Gasteiger charge is -2.31. The zero-order valence-electron chi connectivity index (χ0n) is 11.3. The van der Waals surface area contributed by atoms with E-state index in [9.17, 15) is 18.3 Å². The molecule has 0 amide bonds. The van der Waals surface area contributed by atoms with Crippen molar-refractivity contribution < 1.29 is 18.3 Å². The normalized spacial score (nSPS) is 22.6. The van der Waals surface area contributed by atoms with E-state index in [4.69, 9.17) is 5.26 Å². The van der Waals surface area contributed by atoms with E-state index >= 15 is 0 Å². The van der Waals surface area contributed by atoms with E-state index in [1.165, 1.54) is 0 Å². The number of hydrogen-bond donors (Lipinski definition) is 2. The van der Waals surface area contributed by atoms with Crippen molar-refractivity contribution in [3.8, 4) is 6.07 Å². The van der Waals surface area contributed by atoms with Crippen LogP contribution in [0.4, 0.5) is 19.0 Å². The standard InChI is InChI=1S/C14H16F3N3O/c15-14(16,17)12-6-5-9(7-18)13(20-12)19-11-4-2-1-3-10(11)8-21/h5-6,10-11,21H,1-4,8H2,(H,19,20)/t10-,11+/m1/s1. The summed E-state index contributed by atoms with van der Waals surface area (Å²) < 4.78 is 38.1.